The number of halogens is 1. The first-order chi connectivity index (χ1) is 8.08. The van der Waals surface area contributed by atoms with Crippen LogP contribution in [0.5, 0.6) is 5.75 Å². The number of hydrogen-bond acceptors (Lipinski definition) is 2. The average Bonchev–Trinajstić information content (AvgIpc) is 2.33. The first-order valence-corrected chi connectivity index (χ1v) is 6.87. The van der Waals surface area contributed by atoms with Gasteiger partial charge in [-0.2, -0.15) is 0 Å². The summed E-state index contributed by atoms with van der Waals surface area (Å²) in [7, 11) is 0. The fraction of sp³-hybridized carbons (Fsp3) is 0.462. The van der Waals surface area contributed by atoms with Crippen LogP contribution in [0.3, 0.4) is 0 Å². The summed E-state index contributed by atoms with van der Waals surface area (Å²) in [6, 6.07) is 7.69. The van der Waals surface area contributed by atoms with Gasteiger partial charge in [-0.1, -0.05) is 0 Å². The Balaban J connectivity index is 2.62. The fourth-order valence-corrected chi connectivity index (χ4v) is 1.92. The molecule has 0 aliphatic carbocycles. The standard InChI is InChI=1S/C13H18INO2/c1-4-15(5-2)13(16)10(3)17-12-8-6-11(14)7-9-12/h6-10H,4-5H2,1-3H3. The molecule has 1 amide bonds. The van der Waals surface area contributed by atoms with Crippen LogP contribution < -0.4 is 4.74 Å². The van der Waals surface area contributed by atoms with Gasteiger partial charge in [0.2, 0.25) is 0 Å². The number of nitrogens with zero attached hydrogens (tertiary/aromatic N) is 1. The second kappa shape index (κ2) is 6.83. The first kappa shape index (κ1) is 14.3. The van der Waals surface area contributed by atoms with Crippen LogP contribution in [0, 0.1) is 3.57 Å². The predicted molar refractivity (Wildman–Crippen MR) is 77.2 cm³/mol. The molecule has 1 aromatic carbocycles. The normalized spacial score (nSPS) is 12.0. The summed E-state index contributed by atoms with van der Waals surface area (Å²) in [6.07, 6.45) is -0.435. The Hall–Kier alpha value is -0.780. The molecule has 4 heteroatoms. The van der Waals surface area contributed by atoms with Crippen molar-refractivity contribution in [2.45, 2.75) is 26.9 Å². The predicted octanol–water partition coefficient (Wildman–Crippen LogP) is 2.93. The fourth-order valence-electron chi connectivity index (χ4n) is 1.56. The molecule has 0 fully saturated rings. The zero-order valence-electron chi connectivity index (χ0n) is 10.4. The highest BCUT2D eigenvalue weighted by Gasteiger charge is 2.19. The summed E-state index contributed by atoms with van der Waals surface area (Å²) in [4.78, 5) is 13.8. The average molecular weight is 347 g/mol. The second-order valence-corrected chi connectivity index (χ2v) is 4.97. The Morgan fingerprint density at radius 2 is 1.82 bits per heavy atom. The van der Waals surface area contributed by atoms with E-state index in [4.69, 9.17) is 4.74 Å². The molecule has 0 aliphatic rings. The quantitative estimate of drug-likeness (QED) is 0.767. The van der Waals surface area contributed by atoms with E-state index in [1.165, 1.54) is 0 Å². The third-order valence-corrected chi connectivity index (χ3v) is 3.27. The Labute approximate surface area is 116 Å². The monoisotopic (exact) mass is 347 g/mol. The number of benzene rings is 1. The Bertz CT molecular complexity index is 360. The van der Waals surface area contributed by atoms with E-state index in [2.05, 4.69) is 22.6 Å². The Morgan fingerprint density at radius 3 is 2.29 bits per heavy atom. The van der Waals surface area contributed by atoms with Crippen LogP contribution in [0.4, 0.5) is 0 Å². The van der Waals surface area contributed by atoms with Crippen molar-refractivity contribution in [2.75, 3.05) is 13.1 Å². The van der Waals surface area contributed by atoms with Crippen molar-refractivity contribution < 1.29 is 9.53 Å². The van der Waals surface area contributed by atoms with Crippen molar-refractivity contribution in [2.24, 2.45) is 0 Å². The topological polar surface area (TPSA) is 29.5 Å². The Kier molecular flexibility index (Phi) is 5.74. The van der Waals surface area contributed by atoms with E-state index in [0.29, 0.717) is 0 Å². The van der Waals surface area contributed by atoms with Crippen LogP contribution in [-0.2, 0) is 4.79 Å². The molecule has 3 nitrogen and oxygen atoms in total. The third-order valence-electron chi connectivity index (χ3n) is 2.55. The van der Waals surface area contributed by atoms with E-state index in [9.17, 15) is 4.79 Å². The lowest BCUT2D eigenvalue weighted by molar-refractivity contribution is -0.137. The summed E-state index contributed by atoms with van der Waals surface area (Å²) >= 11 is 2.24. The van der Waals surface area contributed by atoms with Crippen LogP contribution in [0.25, 0.3) is 0 Å². The number of ether oxygens (including phenoxy) is 1. The molecule has 17 heavy (non-hydrogen) atoms. The number of likely N-dealkylation sites (N-methyl/N-ethyl adjacent to an activating group) is 1. The second-order valence-electron chi connectivity index (χ2n) is 3.72. The lowest BCUT2D eigenvalue weighted by Crippen LogP contribution is -2.40. The van der Waals surface area contributed by atoms with Crippen LogP contribution in [0.15, 0.2) is 24.3 Å². The summed E-state index contributed by atoms with van der Waals surface area (Å²) < 4.78 is 6.77. The molecule has 94 valence electrons. The van der Waals surface area contributed by atoms with Crippen molar-refractivity contribution in [3.05, 3.63) is 27.8 Å². The molecule has 1 rings (SSSR count). The number of carbonyl (C=O) groups excluding carboxylic acids is 1. The molecule has 0 aliphatic heterocycles. The minimum atomic E-state index is -0.435. The lowest BCUT2D eigenvalue weighted by Gasteiger charge is -2.23. The molecule has 0 spiro atoms. The molecule has 0 N–H and O–H groups in total. The van der Waals surface area contributed by atoms with Gasteiger partial charge >= 0.3 is 0 Å². The minimum Gasteiger partial charge on any atom is -0.481 e. The van der Waals surface area contributed by atoms with Gasteiger partial charge in [-0.05, 0) is 67.6 Å². The van der Waals surface area contributed by atoms with Crippen molar-refractivity contribution in [3.8, 4) is 5.75 Å². The van der Waals surface area contributed by atoms with E-state index in [1.54, 1.807) is 11.8 Å². The minimum absolute atomic E-state index is 0.0357. The lowest BCUT2D eigenvalue weighted by atomic mass is 10.3. The Morgan fingerprint density at radius 1 is 1.29 bits per heavy atom. The maximum atomic E-state index is 12.0. The van der Waals surface area contributed by atoms with Gasteiger partial charge in [0.25, 0.3) is 5.91 Å². The van der Waals surface area contributed by atoms with Gasteiger partial charge in [-0.25, -0.2) is 0 Å². The maximum Gasteiger partial charge on any atom is 0.263 e. The number of rotatable bonds is 5. The molecule has 0 heterocycles. The van der Waals surface area contributed by atoms with Gasteiger partial charge in [-0.15, -0.1) is 0 Å². The van der Waals surface area contributed by atoms with Crippen LogP contribution in [0.1, 0.15) is 20.8 Å². The highest BCUT2D eigenvalue weighted by Crippen LogP contribution is 2.15. The van der Waals surface area contributed by atoms with Gasteiger partial charge in [0.05, 0.1) is 0 Å². The molecule has 1 unspecified atom stereocenters. The molecule has 1 atom stereocenters. The van der Waals surface area contributed by atoms with Gasteiger partial charge in [0.1, 0.15) is 5.75 Å². The summed E-state index contributed by atoms with van der Waals surface area (Å²) in [5.41, 5.74) is 0. The van der Waals surface area contributed by atoms with Crippen LogP contribution in [-0.4, -0.2) is 30.0 Å². The van der Waals surface area contributed by atoms with E-state index in [0.717, 1.165) is 22.4 Å². The SMILES string of the molecule is CCN(CC)C(=O)C(C)Oc1ccc(I)cc1. The van der Waals surface area contributed by atoms with Gasteiger partial charge in [0.15, 0.2) is 6.10 Å². The summed E-state index contributed by atoms with van der Waals surface area (Å²) in [5.74, 6) is 0.770. The third kappa shape index (κ3) is 4.18. The number of hydrogen-bond donors (Lipinski definition) is 0. The highest BCUT2D eigenvalue weighted by atomic mass is 127. The van der Waals surface area contributed by atoms with Gasteiger partial charge in [0, 0.05) is 16.7 Å². The molecule has 0 aromatic heterocycles. The van der Waals surface area contributed by atoms with Crippen molar-refractivity contribution in [1.82, 2.24) is 4.90 Å². The van der Waals surface area contributed by atoms with E-state index >= 15 is 0 Å². The molecular formula is C13H18INO2. The molecule has 0 saturated heterocycles. The van der Waals surface area contributed by atoms with Crippen molar-refractivity contribution in [1.29, 1.82) is 0 Å². The smallest absolute Gasteiger partial charge is 0.263 e. The van der Waals surface area contributed by atoms with E-state index in [-0.39, 0.29) is 5.91 Å². The largest absolute Gasteiger partial charge is 0.481 e. The summed E-state index contributed by atoms with van der Waals surface area (Å²) in [5, 5.41) is 0. The highest BCUT2D eigenvalue weighted by molar-refractivity contribution is 14.1. The van der Waals surface area contributed by atoms with Crippen molar-refractivity contribution in [3.63, 3.8) is 0 Å². The number of amides is 1. The molecule has 0 radical (unpaired) electrons. The first-order valence-electron chi connectivity index (χ1n) is 5.79. The zero-order chi connectivity index (χ0) is 12.8. The van der Waals surface area contributed by atoms with Gasteiger partial charge < -0.3 is 9.64 Å². The van der Waals surface area contributed by atoms with Gasteiger partial charge in [-0.3, -0.25) is 4.79 Å². The zero-order valence-corrected chi connectivity index (χ0v) is 12.6. The molecule has 0 saturated carbocycles. The van der Waals surface area contributed by atoms with Crippen LogP contribution in [0.2, 0.25) is 0 Å². The molecule has 1 aromatic rings. The van der Waals surface area contributed by atoms with Crippen LogP contribution >= 0.6 is 22.6 Å². The molecule has 0 bridgehead atoms. The molecular weight excluding hydrogens is 329 g/mol. The summed E-state index contributed by atoms with van der Waals surface area (Å²) in [6.45, 7) is 7.17. The van der Waals surface area contributed by atoms with E-state index in [1.807, 2.05) is 38.1 Å². The van der Waals surface area contributed by atoms with Crippen molar-refractivity contribution >= 4 is 28.5 Å². The van der Waals surface area contributed by atoms with E-state index < -0.39 is 6.10 Å². The maximum absolute atomic E-state index is 12.0. The number of carbonyl (C=O) groups is 1.